The van der Waals surface area contributed by atoms with Crippen LogP contribution in [0.1, 0.15) is 50.1 Å². The van der Waals surface area contributed by atoms with E-state index in [1.807, 2.05) is 12.1 Å². The monoisotopic (exact) mass is 297 g/mol. The third kappa shape index (κ3) is 3.39. The Morgan fingerprint density at radius 1 is 1.25 bits per heavy atom. The van der Waals surface area contributed by atoms with Crippen LogP contribution in [0.25, 0.3) is 0 Å². The fraction of sp³-hybridized carbons (Fsp3) is 0.625. The first-order chi connectivity index (χ1) is 9.67. The second-order valence-electron chi connectivity index (χ2n) is 5.54. The van der Waals surface area contributed by atoms with Crippen molar-refractivity contribution in [3.63, 3.8) is 0 Å². The van der Waals surface area contributed by atoms with E-state index in [1.54, 1.807) is 14.2 Å². The van der Waals surface area contributed by atoms with Crippen LogP contribution in [0.4, 0.5) is 0 Å². The van der Waals surface area contributed by atoms with Crippen molar-refractivity contribution in [3.05, 3.63) is 22.7 Å². The summed E-state index contributed by atoms with van der Waals surface area (Å²) in [5, 5.41) is 0.504. The number of halogens is 1. The first-order valence-corrected chi connectivity index (χ1v) is 7.71. The van der Waals surface area contributed by atoms with Crippen LogP contribution >= 0.6 is 11.6 Å². The fourth-order valence-corrected chi connectivity index (χ4v) is 3.41. The van der Waals surface area contributed by atoms with E-state index >= 15 is 0 Å². The number of hydrogen-bond donors (Lipinski definition) is 1. The Morgan fingerprint density at radius 2 is 1.95 bits per heavy atom. The van der Waals surface area contributed by atoms with Gasteiger partial charge in [-0.25, -0.2) is 0 Å². The molecule has 0 aromatic heterocycles. The number of ether oxygens (including phenoxy) is 2. The summed E-state index contributed by atoms with van der Waals surface area (Å²) < 4.78 is 10.6. The summed E-state index contributed by atoms with van der Waals surface area (Å²) in [6, 6.07) is 3.78. The first kappa shape index (κ1) is 15.5. The van der Waals surface area contributed by atoms with Crippen molar-refractivity contribution in [3.8, 4) is 11.5 Å². The lowest BCUT2D eigenvalue weighted by Gasteiger charge is -2.19. The normalized spacial score (nSPS) is 17.2. The van der Waals surface area contributed by atoms with Crippen LogP contribution in [0, 0.1) is 5.92 Å². The molecule has 0 aliphatic heterocycles. The van der Waals surface area contributed by atoms with Crippen molar-refractivity contribution in [2.45, 2.75) is 44.6 Å². The lowest BCUT2D eigenvalue weighted by Crippen LogP contribution is -2.13. The lowest BCUT2D eigenvalue weighted by atomic mass is 9.95. The van der Waals surface area contributed by atoms with Crippen molar-refractivity contribution in [2.75, 3.05) is 14.2 Å². The number of nitrogens with two attached hydrogens (primary N) is 1. The van der Waals surface area contributed by atoms with Crippen molar-refractivity contribution >= 4 is 11.6 Å². The fourth-order valence-electron chi connectivity index (χ4n) is 3.08. The van der Waals surface area contributed by atoms with E-state index in [2.05, 4.69) is 0 Å². The number of benzene rings is 1. The Kier molecular flexibility index (Phi) is 5.55. The largest absolute Gasteiger partial charge is 0.495 e. The highest BCUT2D eigenvalue weighted by Crippen LogP contribution is 2.40. The van der Waals surface area contributed by atoms with E-state index in [0.29, 0.717) is 16.5 Å². The Bertz CT molecular complexity index is 444. The quantitative estimate of drug-likeness (QED) is 0.850. The molecule has 2 N–H and O–H groups in total. The standard InChI is InChI=1S/C16H24ClNO2/c1-19-14-10-8-12(16(20-2)15(14)17)13(18)9-7-11-5-3-4-6-11/h8,10-11,13H,3-7,9,18H2,1-2H3. The summed E-state index contributed by atoms with van der Waals surface area (Å²) in [6.07, 6.45) is 7.62. The number of hydrogen-bond acceptors (Lipinski definition) is 3. The zero-order valence-electron chi connectivity index (χ0n) is 12.3. The van der Waals surface area contributed by atoms with Gasteiger partial charge in [0.2, 0.25) is 0 Å². The molecule has 20 heavy (non-hydrogen) atoms. The van der Waals surface area contributed by atoms with Gasteiger partial charge in [-0.2, -0.15) is 0 Å². The van der Waals surface area contributed by atoms with Crippen molar-refractivity contribution in [2.24, 2.45) is 11.7 Å². The summed E-state index contributed by atoms with van der Waals surface area (Å²) >= 11 is 6.28. The van der Waals surface area contributed by atoms with Gasteiger partial charge >= 0.3 is 0 Å². The smallest absolute Gasteiger partial charge is 0.146 e. The molecule has 4 heteroatoms. The van der Waals surface area contributed by atoms with Crippen molar-refractivity contribution in [1.82, 2.24) is 0 Å². The molecule has 1 fully saturated rings. The summed E-state index contributed by atoms with van der Waals surface area (Å²) in [7, 11) is 3.22. The molecule has 1 atom stereocenters. The Morgan fingerprint density at radius 3 is 2.55 bits per heavy atom. The molecule has 2 rings (SSSR count). The summed E-state index contributed by atoms with van der Waals surface area (Å²) in [6.45, 7) is 0. The minimum absolute atomic E-state index is 0.0334. The van der Waals surface area contributed by atoms with Crippen LogP contribution in [0.2, 0.25) is 5.02 Å². The molecule has 0 radical (unpaired) electrons. The second-order valence-corrected chi connectivity index (χ2v) is 5.92. The molecule has 1 saturated carbocycles. The highest BCUT2D eigenvalue weighted by Gasteiger charge is 2.20. The number of methoxy groups -OCH3 is 2. The molecule has 0 heterocycles. The molecule has 0 spiro atoms. The zero-order valence-corrected chi connectivity index (χ0v) is 13.1. The van der Waals surface area contributed by atoms with Gasteiger partial charge in [-0.3, -0.25) is 0 Å². The third-order valence-electron chi connectivity index (χ3n) is 4.28. The van der Waals surface area contributed by atoms with Crippen LogP contribution in [0.3, 0.4) is 0 Å². The van der Waals surface area contributed by atoms with E-state index < -0.39 is 0 Å². The molecule has 3 nitrogen and oxygen atoms in total. The predicted octanol–water partition coefficient (Wildman–Crippen LogP) is 4.33. The van der Waals surface area contributed by atoms with Crippen molar-refractivity contribution < 1.29 is 9.47 Å². The van der Waals surface area contributed by atoms with Crippen molar-refractivity contribution in [1.29, 1.82) is 0 Å². The Balaban J connectivity index is 2.08. The van der Waals surface area contributed by atoms with Gasteiger partial charge in [-0.05, 0) is 30.9 Å². The van der Waals surface area contributed by atoms with E-state index in [1.165, 1.54) is 32.1 Å². The SMILES string of the molecule is COc1ccc(C(N)CCC2CCCC2)c(OC)c1Cl. The molecular weight excluding hydrogens is 274 g/mol. The van der Waals surface area contributed by atoms with E-state index in [0.717, 1.165) is 17.9 Å². The second kappa shape index (κ2) is 7.19. The van der Waals surface area contributed by atoms with Gasteiger partial charge in [0, 0.05) is 11.6 Å². The first-order valence-electron chi connectivity index (χ1n) is 7.33. The summed E-state index contributed by atoms with van der Waals surface area (Å²) in [4.78, 5) is 0. The Hall–Kier alpha value is -0.930. The minimum atomic E-state index is -0.0334. The van der Waals surface area contributed by atoms with Gasteiger partial charge in [-0.1, -0.05) is 37.3 Å². The van der Waals surface area contributed by atoms with Gasteiger partial charge in [-0.15, -0.1) is 0 Å². The molecule has 1 unspecified atom stereocenters. The molecule has 0 amide bonds. The third-order valence-corrected chi connectivity index (χ3v) is 4.63. The van der Waals surface area contributed by atoms with Crippen LogP contribution in [-0.2, 0) is 0 Å². The highest BCUT2D eigenvalue weighted by atomic mass is 35.5. The maximum atomic E-state index is 6.33. The van der Waals surface area contributed by atoms with Crippen LogP contribution in [0.5, 0.6) is 11.5 Å². The van der Waals surface area contributed by atoms with Gasteiger partial charge in [0.15, 0.2) is 0 Å². The number of rotatable bonds is 6. The highest BCUT2D eigenvalue weighted by molar-refractivity contribution is 6.33. The van der Waals surface area contributed by atoms with Crippen LogP contribution in [-0.4, -0.2) is 14.2 Å². The average molecular weight is 298 g/mol. The maximum Gasteiger partial charge on any atom is 0.146 e. The molecule has 1 aliphatic rings. The average Bonchev–Trinajstić information content (AvgIpc) is 2.97. The minimum Gasteiger partial charge on any atom is -0.495 e. The maximum absolute atomic E-state index is 6.33. The lowest BCUT2D eigenvalue weighted by molar-refractivity contribution is 0.384. The Labute approximate surface area is 126 Å². The summed E-state index contributed by atoms with van der Waals surface area (Å²) in [5.41, 5.74) is 7.30. The molecule has 112 valence electrons. The molecule has 0 bridgehead atoms. The van der Waals surface area contributed by atoms with Gasteiger partial charge in [0.1, 0.15) is 16.5 Å². The molecule has 1 aliphatic carbocycles. The van der Waals surface area contributed by atoms with Crippen LogP contribution in [0.15, 0.2) is 12.1 Å². The predicted molar refractivity (Wildman–Crippen MR) is 82.7 cm³/mol. The summed E-state index contributed by atoms with van der Waals surface area (Å²) in [5.74, 6) is 2.11. The molecule has 0 saturated heterocycles. The molecule has 1 aromatic carbocycles. The van der Waals surface area contributed by atoms with Crippen LogP contribution < -0.4 is 15.2 Å². The van der Waals surface area contributed by atoms with Gasteiger partial charge in [0.25, 0.3) is 0 Å². The molecular formula is C16H24ClNO2. The topological polar surface area (TPSA) is 44.5 Å². The zero-order chi connectivity index (χ0) is 14.5. The van der Waals surface area contributed by atoms with E-state index in [4.69, 9.17) is 26.8 Å². The van der Waals surface area contributed by atoms with E-state index in [-0.39, 0.29) is 6.04 Å². The van der Waals surface area contributed by atoms with Gasteiger partial charge < -0.3 is 15.2 Å². The van der Waals surface area contributed by atoms with E-state index in [9.17, 15) is 0 Å². The molecule has 1 aromatic rings. The van der Waals surface area contributed by atoms with Gasteiger partial charge in [0.05, 0.1) is 14.2 Å².